The van der Waals surface area contributed by atoms with Gasteiger partial charge in [-0.25, -0.2) is 4.39 Å². The van der Waals surface area contributed by atoms with Crippen molar-refractivity contribution in [2.45, 2.75) is 19.4 Å². The molecule has 94 valence electrons. The van der Waals surface area contributed by atoms with E-state index in [0.29, 0.717) is 5.56 Å². The summed E-state index contributed by atoms with van der Waals surface area (Å²) in [4.78, 5) is 2.27. The number of nitrogens with one attached hydrogen (secondary N) is 1. The maximum absolute atomic E-state index is 13.8. The third-order valence-electron chi connectivity index (χ3n) is 3.36. The number of aromatic hydroxyl groups is 1. The van der Waals surface area contributed by atoms with Gasteiger partial charge in [0, 0.05) is 30.8 Å². The first-order chi connectivity index (χ1) is 8.18. The Kier molecular flexibility index (Phi) is 3.97. The van der Waals surface area contributed by atoms with E-state index in [0.717, 1.165) is 32.6 Å². The molecular formula is C13H19FN2O. The van der Waals surface area contributed by atoms with Crippen molar-refractivity contribution in [1.82, 2.24) is 10.2 Å². The first-order valence-corrected chi connectivity index (χ1v) is 6.11. The van der Waals surface area contributed by atoms with Crippen molar-refractivity contribution < 1.29 is 9.50 Å². The fraction of sp³-hybridized carbons (Fsp3) is 0.538. The molecule has 0 saturated carbocycles. The van der Waals surface area contributed by atoms with Crippen molar-refractivity contribution in [3.05, 3.63) is 29.6 Å². The van der Waals surface area contributed by atoms with Gasteiger partial charge in [0.05, 0.1) is 0 Å². The number of nitrogens with zero attached hydrogens (tertiary/aromatic N) is 1. The molecule has 4 heteroatoms. The summed E-state index contributed by atoms with van der Waals surface area (Å²) in [6.45, 7) is 5.90. The lowest BCUT2D eigenvalue weighted by Crippen LogP contribution is -2.31. The van der Waals surface area contributed by atoms with E-state index >= 15 is 0 Å². The second-order valence-electron chi connectivity index (χ2n) is 4.52. The molecule has 1 unspecified atom stereocenters. The molecule has 1 aromatic carbocycles. The summed E-state index contributed by atoms with van der Waals surface area (Å²) in [5.41, 5.74) is 0.657. The fourth-order valence-corrected chi connectivity index (χ4v) is 2.31. The van der Waals surface area contributed by atoms with Crippen LogP contribution in [-0.2, 0) is 0 Å². The number of hydrogen-bond donors (Lipinski definition) is 2. The molecule has 1 aliphatic heterocycles. The number of rotatable bonds is 2. The van der Waals surface area contributed by atoms with E-state index in [2.05, 4.69) is 10.2 Å². The minimum atomic E-state index is -0.324. The zero-order valence-electron chi connectivity index (χ0n) is 10.1. The average Bonchev–Trinajstić information content (AvgIpc) is 2.56. The van der Waals surface area contributed by atoms with E-state index in [1.54, 1.807) is 12.1 Å². The van der Waals surface area contributed by atoms with Gasteiger partial charge in [0.2, 0.25) is 0 Å². The number of phenolic OH excluding ortho intramolecular Hbond substituents is 1. The molecule has 1 saturated heterocycles. The van der Waals surface area contributed by atoms with E-state index in [1.165, 1.54) is 6.07 Å². The quantitative estimate of drug-likeness (QED) is 0.826. The summed E-state index contributed by atoms with van der Waals surface area (Å²) in [5.74, 6) is -0.342. The Labute approximate surface area is 101 Å². The lowest BCUT2D eigenvalue weighted by molar-refractivity contribution is 0.221. The predicted octanol–water partition coefficient (Wildman–Crippen LogP) is 1.89. The summed E-state index contributed by atoms with van der Waals surface area (Å²) in [6.07, 6.45) is 1.09. The van der Waals surface area contributed by atoms with Gasteiger partial charge in [-0.15, -0.1) is 0 Å². The van der Waals surface area contributed by atoms with Crippen molar-refractivity contribution in [1.29, 1.82) is 0 Å². The largest absolute Gasteiger partial charge is 0.508 e. The van der Waals surface area contributed by atoms with Gasteiger partial charge in [-0.05, 0) is 32.5 Å². The van der Waals surface area contributed by atoms with Crippen LogP contribution in [0.2, 0.25) is 0 Å². The maximum Gasteiger partial charge on any atom is 0.131 e. The molecule has 1 aromatic rings. The van der Waals surface area contributed by atoms with Crippen LogP contribution in [0.4, 0.5) is 4.39 Å². The topological polar surface area (TPSA) is 35.5 Å². The molecular weight excluding hydrogens is 219 g/mol. The Bertz CT molecular complexity index is 376. The summed E-state index contributed by atoms with van der Waals surface area (Å²) in [5, 5.41) is 12.5. The highest BCUT2D eigenvalue weighted by Crippen LogP contribution is 2.25. The second kappa shape index (κ2) is 5.47. The monoisotopic (exact) mass is 238 g/mol. The van der Waals surface area contributed by atoms with Gasteiger partial charge in [-0.1, -0.05) is 6.07 Å². The van der Waals surface area contributed by atoms with Gasteiger partial charge in [-0.3, -0.25) is 4.90 Å². The van der Waals surface area contributed by atoms with Gasteiger partial charge >= 0.3 is 0 Å². The minimum Gasteiger partial charge on any atom is -0.508 e. The number of phenols is 1. The third kappa shape index (κ3) is 2.96. The molecule has 0 spiro atoms. The van der Waals surface area contributed by atoms with Crippen LogP contribution in [-0.4, -0.2) is 36.2 Å². The molecule has 0 aromatic heterocycles. The van der Waals surface area contributed by atoms with Crippen molar-refractivity contribution >= 4 is 0 Å². The number of benzene rings is 1. The van der Waals surface area contributed by atoms with Crippen LogP contribution in [0.25, 0.3) is 0 Å². The van der Waals surface area contributed by atoms with Gasteiger partial charge in [0.25, 0.3) is 0 Å². The van der Waals surface area contributed by atoms with E-state index in [9.17, 15) is 9.50 Å². The van der Waals surface area contributed by atoms with Crippen molar-refractivity contribution in [3.63, 3.8) is 0 Å². The summed E-state index contributed by atoms with van der Waals surface area (Å²) in [6, 6.07) is 4.45. The molecule has 0 radical (unpaired) electrons. The Balaban J connectivity index is 2.14. The standard InChI is InChI=1S/C13H19FN2O/c1-10(16-7-2-5-15-6-8-16)12-4-3-11(17)9-13(12)14/h3-4,9-10,15,17H,2,5-8H2,1H3. The molecule has 1 atom stereocenters. The Morgan fingerprint density at radius 2 is 2.18 bits per heavy atom. The van der Waals surface area contributed by atoms with Crippen LogP contribution >= 0.6 is 0 Å². The highest BCUT2D eigenvalue weighted by Gasteiger charge is 2.19. The Morgan fingerprint density at radius 3 is 2.94 bits per heavy atom. The van der Waals surface area contributed by atoms with Crippen molar-refractivity contribution in [2.75, 3.05) is 26.2 Å². The predicted molar refractivity (Wildman–Crippen MR) is 65.5 cm³/mol. The highest BCUT2D eigenvalue weighted by molar-refractivity contribution is 5.29. The average molecular weight is 238 g/mol. The van der Waals surface area contributed by atoms with Gasteiger partial charge in [0.1, 0.15) is 11.6 Å². The molecule has 0 bridgehead atoms. The lowest BCUT2D eigenvalue weighted by Gasteiger charge is -2.27. The number of hydrogen-bond acceptors (Lipinski definition) is 3. The van der Waals surface area contributed by atoms with Crippen LogP contribution in [0.5, 0.6) is 5.75 Å². The smallest absolute Gasteiger partial charge is 0.131 e. The van der Waals surface area contributed by atoms with Crippen LogP contribution in [0, 0.1) is 5.82 Å². The summed E-state index contributed by atoms with van der Waals surface area (Å²) < 4.78 is 13.8. The normalized spacial score (nSPS) is 19.9. The summed E-state index contributed by atoms with van der Waals surface area (Å²) in [7, 11) is 0. The molecule has 0 amide bonds. The van der Waals surface area contributed by atoms with E-state index in [1.807, 2.05) is 6.92 Å². The van der Waals surface area contributed by atoms with Crippen molar-refractivity contribution in [2.24, 2.45) is 0 Å². The van der Waals surface area contributed by atoms with E-state index < -0.39 is 0 Å². The van der Waals surface area contributed by atoms with E-state index in [-0.39, 0.29) is 17.6 Å². The van der Waals surface area contributed by atoms with Gasteiger partial charge in [-0.2, -0.15) is 0 Å². The Morgan fingerprint density at radius 1 is 1.35 bits per heavy atom. The molecule has 0 aliphatic carbocycles. The molecule has 1 aliphatic rings. The van der Waals surface area contributed by atoms with Gasteiger partial charge < -0.3 is 10.4 Å². The molecule has 1 heterocycles. The van der Waals surface area contributed by atoms with Crippen molar-refractivity contribution in [3.8, 4) is 5.75 Å². The van der Waals surface area contributed by atoms with E-state index in [4.69, 9.17) is 0 Å². The maximum atomic E-state index is 13.8. The minimum absolute atomic E-state index is 0.0176. The molecule has 17 heavy (non-hydrogen) atoms. The Hall–Kier alpha value is -1.13. The molecule has 2 rings (SSSR count). The third-order valence-corrected chi connectivity index (χ3v) is 3.36. The SMILES string of the molecule is CC(c1ccc(O)cc1F)N1CCCNCC1. The second-order valence-corrected chi connectivity index (χ2v) is 4.52. The lowest BCUT2D eigenvalue weighted by atomic mass is 10.1. The first-order valence-electron chi connectivity index (χ1n) is 6.11. The molecule has 2 N–H and O–H groups in total. The molecule has 3 nitrogen and oxygen atoms in total. The zero-order chi connectivity index (χ0) is 12.3. The number of halogens is 1. The summed E-state index contributed by atoms with van der Waals surface area (Å²) >= 11 is 0. The van der Waals surface area contributed by atoms with Crippen LogP contribution < -0.4 is 5.32 Å². The first kappa shape index (κ1) is 12.3. The van der Waals surface area contributed by atoms with Crippen LogP contribution in [0.3, 0.4) is 0 Å². The van der Waals surface area contributed by atoms with Crippen LogP contribution in [0.15, 0.2) is 18.2 Å². The van der Waals surface area contributed by atoms with Gasteiger partial charge in [0.15, 0.2) is 0 Å². The zero-order valence-corrected chi connectivity index (χ0v) is 10.1. The fourth-order valence-electron chi connectivity index (χ4n) is 2.31. The molecule has 1 fully saturated rings. The highest BCUT2D eigenvalue weighted by atomic mass is 19.1. The van der Waals surface area contributed by atoms with Crippen LogP contribution in [0.1, 0.15) is 24.9 Å².